The van der Waals surface area contributed by atoms with Crippen molar-refractivity contribution in [2.45, 2.75) is 0 Å². The van der Waals surface area contributed by atoms with E-state index in [1.807, 2.05) is 30.3 Å². The molecule has 0 amide bonds. The van der Waals surface area contributed by atoms with Crippen molar-refractivity contribution in [3.05, 3.63) is 65.3 Å². The first-order chi connectivity index (χ1) is 9.78. The smallest absolute Gasteiger partial charge is 0.226 e. The topological polar surface area (TPSA) is 43.1 Å². The van der Waals surface area contributed by atoms with Gasteiger partial charge in [-0.1, -0.05) is 29.8 Å². The molecule has 1 aromatic heterocycles. The predicted molar refractivity (Wildman–Crippen MR) is 77.8 cm³/mol. The third kappa shape index (κ3) is 2.36. The Morgan fingerprint density at radius 1 is 1.10 bits per heavy atom. The van der Waals surface area contributed by atoms with Crippen LogP contribution in [0.3, 0.4) is 0 Å². The van der Waals surface area contributed by atoms with E-state index >= 15 is 0 Å². The largest absolute Gasteiger partial charge is 0.436 e. The van der Waals surface area contributed by atoms with E-state index in [-0.39, 0.29) is 0 Å². The highest BCUT2D eigenvalue weighted by atomic mass is 35.5. The van der Waals surface area contributed by atoms with E-state index in [9.17, 15) is 4.79 Å². The Hall–Kier alpha value is -2.39. The van der Waals surface area contributed by atoms with Gasteiger partial charge >= 0.3 is 0 Å². The summed E-state index contributed by atoms with van der Waals surface area (Å²) in [7, 11) is 0. The van der Waals surface area contributed by atoms with Crippen LogP contribution in [0.1, 0.15) is 10.4 Å². The summed E-state index contributed by atoms with van der Waals surface area (Å²) in [6.07, 6.45) is 2.37. The number of benzene rings is 2. The first-order valence-electron chi connectivity index (χ1n) is 6.04. The summed E-state index contributed by atoms with van der Waals surface area (Å²) < 4.78 is 5.72. The van der Waals surface area contributed by atoms with Crippen LogP contribution in [0.15, 0.2) is 59.1 Å². The first kappa shape index (κ1) is 12.6. The SMILES string of the molecule is O=Cc1ccc(Cl)cc1-c1cnc(-c2ccccc2)o1. The fraction of sp³-hybridized carbons (Fsp3) is 0. The van der Waals surface area contributed by atoms with E-state index in [1.165, 1.54) is 0 Å². The number of aromatic nitrogens is 1. The normalized spacial score (nSPS) is 10.4. The van der Waals surface area contributed by atoms with Crippen LogP contribution >= 0.6 is 11.6 Å². The van der Waals surface area contributed by atoms with Crippen molar-refractivity contribution in [2.24, 2.45) is 0 Å². The van der Waals surface area contributed by atoms with Gasteiger partial charge in [-0.3, -0.25) is 4.79 Å². The molecule has 3 aromatic rings. The Morgan fingerprint density at radius 2 is 1.90 bits per heavy atom. The summed E-state index contributed by atoms with van der Waals surface area (Å²) in [6.45, 7) is 0. The summed E-state index contributed by atoms with van der Waals surface area (Å²) in [5.74, 6) is 1.03. The maximum atomic E-state index is 11.1. The minimum absolute atomic E-state index is 0.512. The molecule has 0 aliphatic carbocycles. The highest BCUT2D eigenvalue weighted by molar-refractivity contribution is 6.31. The Kier molecular flexibility index (Phi) is 3.35. The van der Waals surface area contributed by atoms with Crippen LogP contribution in [-0.4, -0.2) is 11.3 Å². The van der Waals surface area contributed by atoms with Gasteiger partial charge in [0, 0.05) is 21.7 Å². The standard InChI is InChI=1S/C16H10ClNO2/c17-13-7-6-12(10-19)14(8-13)15-9-18-16(20-15)11-4-2-1-3-5-11/h1-10H. The van der Waals surface area contributed by atoms with Crippen LogP contribution in [0.2, 0.25) is 5.02 Å². The second-order valence-corrected chi connectivity index (χ2v) is 4.68. The Bertz CT molecular complexity index is 750. The van der Waals surface area contributed by atoms with Crippen molar-refractivity contribution in [1.29, 1.82) is 0 Å². The molecule has 0 aliphatic rings. The molecule has 0 atom stereocenters. The summed E-state index contributed by atoms with van der Waals surface area (Å²) >= 11 is 5.97. The van der Waals surface area contributed by atoms with Crippen molar-refractivity contribution in [1.82, 2.24) is 4.98 Å². The molecule has 0 aliphatic heterocycles. The molecule has 3 rings (SSSR count). The average molecular weight is 284 g/mol. The quantitative estimate of drug-likeness (QED) is 0.666. The van der Waals surface area contributed by atoms with Crippen LogP contribution < -0.4 is 0 Å². The third-order valence-electron chi connectivity index (χ3n) is 2.93. The lowest BCUT2D eigenvalue weighted by Gasteiger charge is -2.01. The number of carbonyl (C=O) groups is 1. The molecule has 0 spiro atoms. The summed E-state index contributed by atoms with van der Waals surface area (Å²) in [5.41, 5.74) is 2.04. The molecule has 0 unspecified atom stereocenters. The zero-order chi connectivity index (χ0) is 13.9. The van der Waals surface area contributed by atoms with E-state index in [4.69, 9.17) is 16.0 Å². The lowest BCUT2D eigenvalue weighted by atomic mass is 10.1. The average Bonchev–Trinajstić information content (AvgIpc) is 2.98. The maximum absolute atomic E-state index is 11.1. The molecule has 3 nitrogen and oxygen atoms in total. The van der Waals surface area contributed by atoms with E-state index in [2.05, 4.69) is 4.98 Å². The fourth-order valence-electron chi connectivity index (χ4n) is 1.96. The molecule has 4 heteroatoms. The second-order valence-electron chi connectivity index (χ2n) is 4.25. The predicted octanol–water partition coefficient (Wildman–Crippen LogP) is 4.47. The van der Waals surface area contributed by atoms with Gasteiger partial charge in [0.1, 0.15) is 0 Å². The Balaban J connectivity index is 2.07. The van der Waals surface area contributed by atoms with Gasteiger partial charge in [-0.25, -0.2) is 4.98 Å². The van der Waals surface area contributed by atoms with Gasteiger partial charge in [0.05, 0.1) is 6.20 Å². The Labute approximate surface area is 120 Å². The zero-order valence-corrected chi connectivity index (χ0v) is 11.2. The molecule has 0 saturated heterocycles. The number of rotatable bonds is 3. The zero-order valence-electron chi connectivity index (χ0n) is 10.4. The molecule has 0 N–H and O–H groups in total. The molecule has 1 heterocycles. The maximum Gasteiger partial charge on any atom is 0.226 e. The van der Waals surface area contributed by atoms with Crippen molar-refractivity contribution in [2.75, 3.05) is 0 Å². The minimum Gasteiger partial charge on any atom is -0.436 e. The van der Waals surface area contributed by atoms with E-state index < -0.39 is 0 Å². The lowest BCUT2D eigenvalue weighted by Crippen LogP contribution is -1.85. The fourth-order valence-corrected chi connectivity index (χ4v) is 2.13. The van der Waals surface area contributed by atoms with Crippen molar-refractivity contribution < 1.29 is 9.21 Å². The van der Waals surface area contributed by atoms with Crippen LogP contribution in [0.25, 0.3) is 22.8 Å². The monoisotopic (exact) mass is 283 g/mol. The van der Waals surface area contributed by atoms with Gasteiger partial charge in [0.15, 0.2) is 12.0 Å². The summed E-state index contributed by atoms with van der Waals surface area (Å²) in [4.78, 5) is 15.3. The number of halogens is 1. The first-order valence-corrected chi connectivity index (χ1v) is 6.42. The molecule has 0 bridgehead atoms. The van der Waals surface area contributed by atoms with Gasteiger partial charge < -0.3 is 4.42 Å². The molecule has 20 heavy (non-hydrogen) atoms. The molecule has 98 valence electrons. The van der Waals surface area contributed by atoms with Gasteiger partial charge in [0.2, 0.25) is 5.89 Å². The number of nitrogens with zero attached hydrogens (tertiary/aromatic N) is 1. The van der Waals surface area contributed by atoms with Crippen LogP contribution in [0.4, 0.5) is 0 Å². The highest BCUT2D eigenvalue weighted by Crippen LogP contribution is 2.29. The van der Waals surface area contributed by atoms with Crippen molar-refractivity contribution in [3.63, 3.8) is 0 Å². The van der Waals surface area contributed by atoms with E-state index in [1.54, 1.807) is 24.4 Å². The molecular weight excluding hydrogens is 274 g/mol. The molecule has 0 radical (unpaired) electrons. The molecule has 0 saturated carbocycles. The van der Waals surface area contributed by atoms with Gasteiger partial charge in [-0.2, -0.15) is 0 Å². The van der Waals surface area contributed by atoms with E-state index in [0.717, 1.165) is 11.8 Å². The van der Waals surface area contributed by atoms with Crippen LogP contribution in [-0.2, 0) is 0 Å². The number of aldehydes is 1. The number of hydrogen-bond acceptors (Lipinski definition) is 3. The van der Waals surface area contributed by atoms with Gasteiger partial charge in [-0.15, -0.1) is 0 Å². The lowest BCUT2D eigenvalue weighted by molar-refractivity contribution is 0.112. The van der Waals surface area contributed by atoms with Crippen molar-refractivity contribution in [3.8, 4) is 22.8 Å². The molecule has 2 aromatic carbocycles. The van der Waals surface area contributed by atoms with Crippen LogP contribution in [0.5, 0.6) is 0 Å². The van der Waals surface area contributed by atoms with Crippen molar-refractivity contribution >= 4 is 17.9 Å². The minimum atomic E-state index is 0.512. The number of hydrogen-bond donors (Lipinski definition) is 0. The van der Waals surface area contributed by atoms with Crippen LogP contribution in [0, 0.1) is 0 Å². The third-order valence-corrected chi connectivity index (χ3v) is 3.17. The summed E-state index contributed by atoms with van der Waals surface area (Å²) in [6, 6.07) is 14.6. The Morgan fingerprint density at radius 3 is 2.65 bits per heavy atom. The van der Waals surface area contributed by atoms with E-state index in [0.29, 0.717) is 27.8 Å². The van der Waals surface area contributed by atoms with Gasteiger partial charge in [0.25, 0.3) is 0 Å². The second kappa shape index (κ2) is 5.31. The van der Waals surface area contributed by atoms with Gasteiger partial charge in [-0.05, 0) is 30.3 Å². The molecule has 0 fully saturated rings. The highest BCUT2D eigenvalue weighted by Gasteiger charge is 2.12. The number of oxazole rings is 1. The summed E-state index contributed by atoms with van der Waals surface area (Å²) in [5, 5.41) is 0.545. The number of carbonyl (C=O) groups excluding carboxylic acids is 1. The molecular formula is C16H10ClNO2.